The van der Waals surface area contributed by atoms with Gasteiger partial charge in [0, 0.05) is 10.6 Å². The summed E-state index contributed by atoms with van der Waals surface area (Å²) in [6, 6.07) is 9.48. The van der Waals surface area contributed by atoms with Gasteiger partial charge in [0.15, 0.2) is 0 Å². The molecule has 2 rings (SSSR count). The first kappa shape index (κ1) is 11.8. The van der Waals surface area contributed by atoms with Crippen molar-refractivity contribution in [1.82, 2.24) is 4.98 Å². The van der Waals surface area contributed by atoms with Crippen LogP contribution in [-0.4, -0.2) is 10.9 Å². The van der Waals surface area contributed by atoms with Crippen molar-refractivity contribution in [2.45, 2.75) is 20.3 Å². The zero-order chi connectivity index (χ0) is 12.3. The molecule has 0 aliphatic rings. The summed E-state index contributed by atoms with van der Waals surface area (Å²) in [6.45, 7) is 3.89. The standard InChI is InChI=1S/C13H14N2OS/c1-9-12(17-10(2)14-9)8-13(16)15-11-6-4-3-5-7-11/h3-7H,8H2,1-2H3,(H,15,16). The maximum Gasteiger partial charge on any atom is 0.229 e. The van der Waals surface area contributed by atoms with Crippen LogP contribution in [0.1, 0.15) is 15.6 Å². The molecule has 0 fully saturated rings. The van der Waals surface area contributed by atoms with Gasteiger partial charge in [0.05, 0.1) is 17.1 Å². The molecule has 17 heavy (non-hydrogen) atoms. The minimum atomic E-state index is 0.00273. The SMILES string of the molecule is Cc1nc(C)c(CC(=O)Nc2ccccc2)s1. The fourth-order valence-corrected chi connectivity index (χ4v) is 2.55. The molecule has 1 aromatic carbocycles. The topological polar surface area (TPSA) is 42.0 Å². The maximum atomic E-state index is 11.8. The fraction of sp³-hybridized carbons (Fsp3) is 0.231. The number of nitrogens with zero attached hydrogens (tertiary/aromatic N) is 1. The van der Waals surface area contributed by atoms with Crippen LogP contribution in [-0.2, 0) is 11.2 Å². The lowest BCUT2D eigenvalue weighted by Gasteiger charge is -2.03. The Labute approximate surface area is 105 Å². The summed E-state index contributed by atoms with van der Waals surface area (Å²) in [5, 5.41) is 3.87. The van der Waals surface area contributed by atoms with E-state index in [9.17, 15) is 4.79 Å². The van der Waals surface area contributed by atoms with E-state index >= 15 is 0 Å². The average Bonchev–Trinajstić information content (AvgIpc) is 2.58. The first-order valence-electron chi connectivity index (χ1n) is 5.43. The smallest absolute Gasteiger partial charge is 0.229 e. The van der Waals surface area contributed by atoms with Crippen molar-refractivity contribution >= 4 is 22.9 Å². The highest BCUT2D eigenvalue weighted by Gasteiger charge is 2.10. The average molecular weight is 246 g/mol. The molecule has 0 bridgehead atoms. The lowest BCUT2D eigenvalue weighted by molar-refractivity contribution is -0.115. The molecule has 1 amide bonds. The van der Waals surface area contributed by atoms with E-state index in [0.29, 0.717) is 6.42 Å². The molecule has 1 N–H and O–H groups in total. The number of carbonyl (C=O) groups excluding carboxylic acids is 1. The van der Waals surface area contributed by atoms with Gasteiger partial charge in [-0.1, -0.05) is 18.2 Å². The summed E-state index contributed by atoms with van der Waals surface area (Å²) in [5.74, 6) is 0.00273. The normalized spacial score (nSPS) is 10.2. The summed E-state index contributed by atoms with van der Waals surface area (Å²) in [5.41, 5.74) is 1.78. The highest BCUT2D eigenvalue weighted by molar-refractivity contribution is 7.11. The van der Waals surface area contributed by atoms with Crippen molar-refractivity contribution in [3.05, 3.63) is 45.9 Å². The summed E-state index contributed by atoms with van der Waals surface area (Å²) in [6.07, 6.45) is 0.395. The molecule has 0 aliphatic carbocycles. The van der Waals surface area contributed by atoms with Gasteiger partial charge in [0.25, 0.3) is 0 Å². The molecule has 0 radical (unpaired) electrons. The first-order valence-corrected chi connectivity index (χ1v) is 6.24. The van der Waals surface area contributed by atoms with E-state index in [2.05, 4.69) is 10.3 Å². The van der Waals surface area contributed by atoms with Gasteiger partial charge >= 0.3 is 0 Å². The molecule has 2 aromatic rings. The number of aryl methyl sites for hydroxylation is 2. The second kappa shape index (κ2) is 5.10. The summed E-state index contributed by atoms with van der Waals surface area (Å²) in [4.78, 5) is 17.2. The number of amides is 1. The van der Waals surface area contributed by atoms with E-state index in [1.165, 1.54) is 0 Å². The Morgan fingerprint density at radius 3 is 2.59 bits per heavy atom. The number of hydrogen-bond acceptors (Lipinski definition) is 3. The van der Waals surface area contributed by atoms with E-state index in [1.807, 2.05) is 44.2 Å². The predicted octanol–water partition coefficient (Wildman–Crippen LogP) is 2.94. The molecule has 0 saturated heterocycles. The third-order valence-electron chi connectivity index (χ3n) is 2.38. The van der Waals surface area contributed by atoms with Crippen LogP contribution in [0.5, 0.6) is 0 Å². The van der Waals surface area contributed by atoms with Crippen molar-refractivity contribution in [3.63, 3.8) is 0 Å². The van der Waals surface area contributed by atoms with Crippen LogP contribution in [0.15, 0.2) is 30.3 Å². The lowest BCUT2D eigenvalue weighted by Crippen LogP contribution is -2.14. The Kier molecular flexibility index (Phi) is 3.54. The van der Waals surface area contributed by atoms with Crippen molar-refractivity contribution in [3.8, 4) is 0 Å². The van der Waals surface area contributed by atoms with Crippen LogP contribution in [0.4, 0.5) is 5.69 Å². The van der Waals surface area contributed by atoms with E-state index < -0.39 is 0 Å². The van der Waals surface area contributed by atoms with Gasteiger partial charge in [-0.3, -0.25) is 4.79 Å². The Bertz CT molecular complexity index is 519. The minimum absolute atomic E-state index is 0.00273. The highest BCUT2D eigenvalue weighted by atomic mass is 32.1. The number of thiazole rings is 1. The predicted molar refractivity (Wildman–Crippen MR) is 70.4 cm³/mol. The molecule has 1 aromatic heterocycles. The van der Waals surface area contributed by atoms with Gasteiger partial charge in [-0.2, -0.15) is 0 Å². The van der Waals surface area contributed by atoms with Crippen LogP contribution in [0, 0.1) is 13.8 Å². The fourth-order valence-electron chi connectivity index (χ4n) is 1.61. The molecule has 88 valence electrons. The van der Waals surface area contributed by atoms with Crippen molar-refractivity contribution in [2.75, 3.05) is 5.32 Å². The third kappa shape index (κ3) is 3.14. The van der Waals surface area contributed by atoms with Crippen molar-refractivity contribution in [2.24, 2.45) is 0 Å². The van der Waals surface area contributed by atoms with Crippen molar-refractivity contribution < 1.29 is 4.79 Å². The molecular weight excluding hydrogens is 232 g/mol. The maximum absolute atomic E-state index is 11.8. The second-order valence-corrected chi connectivity index (χ2v) is 5.12. The quantitative estimate of drug-likeness (QED) is 0.904. The third-order valence-corrected chi connectivity index (χ3v) is 3.45. The molecule has 4 heteroatoms. The van der Waals surface area contributed by atoms with Gasteiger partial charge in [0.2, 0.25) is 5.91 Å². The molecule has 0 spiro atoms. The lowest BCUT2D eigenvalue weighted by atomic mass is 10.2. The molecule has 0 atom stereocenters. The number of hydrogen-bond donors (Lipinski definition) is 1. The van der Waals surface area contributed by atoms with E-state index in [1.54, 1.807) is 11.3 Å². The number of aromatic nitrogens is 1. The van der Waals surface area contributed by atoms with Gasteiger partial charge < -0.3 is 5.32 Å². The highest BCUT2D eigenvalue weighted by Crippen LogP contribution is 2.18. The number of benzene rings is 1. The van der Waals surface area contributed by atoms with Crippen LogP contribution in [0.2, 0.25) is 0 Å². The van der Waals surface area contributed by atoms with Crippen LogP contribution in [0.25, 0.3) is 0 Å². The molecule has 0 saturated carbocycles. The number of nitrogens with one attached hydrogen (secondary N) is 1. The largest absolute Gasteiger partial charge is 0.326 e. The van der Waals surface area contributed by atoms with Gasteiger partial charge in [0.1, 0.15) is 0 Å². The summed E-state index contributed by atoms with van der Waals surface area (Å²) < 4.78 is 0. The Hall–Kier alpha value is -1.68. The Morgan fingerprint density at radius 2 is 2.00 bits per heavy atom. The van der Waals surface area contributed by atoms with E-state index in [4.69, 9.17) is 0 Å². The van der Waals surface area contributed by atoms with Crippen molar-refractivity contribution in [1.29, 1.82) is 0 Å². The minimum Gasteiger partial charge on any atom is -0.326 e. The number of rotatable bonds is 3. The Balaban J connectivity index is 2.01. The van der Waals surface area contributed by atoms with Gasteiger partial charge in [-0.15, -0.1) is 11.3 Å². The molecule has 1 heterocycles. The molecular formula is C13H14N2OS. The van der Waals surface area contributed by atoms with E-state index in [0.717, 1.165) is 21.3 Å². The van der Waals surface area contributed by atoms with Crippen LogP contribution >= 0.6 is 11.3 Å². The summed E-state index contributed by atoms with van der Waals surface area (Å²) >= 11 is 1.58. The molecule has 3 nitrogen and oxygen atoms in total. The Morgan fingerprint density at radius 1 is 1.29 bits per heavy atom. The zero-order valence-electron chi connectivity index (χ0n) is 9.86. The van der Waals surface area contributed by atoms with E-state index in [-0.39, 0.29) is 5.91 Å². The number of carbonyl (C=O) groups is 1. The van der Waals surface area contributed by atoms with Gasteiger partial charge in [-0.05, 0) is 26.0 Å². The number of anilines is 1. The van der Waals surface area contributed by atoms with Crippen LogP contribution in [0.3, 0.4) is 0 Å². The molecule has 0 aliphatic heterocycles. The second-order valence-electron chi connectivity index (χ2n) is 3.83. The van der Waals surface area contributed by atoms with Crippen LogP contribution < -0.4 is 5.32 Å². The van der Waals surface area contributed by atoms with Gasteiger partial charge in [-0.25, -0.2) is 4.98 Å². The first-order chi connectivity index (χ1) is 8.15. The zero-order valence-corrected chi connectivity index (χ0v) is 10.7. The summed E-state index contributed by atoms with van der Waals surface area (Å²) in [7, 11) is 0. The number of para-hydroxylation sites is 1. The molecule has 0 unspecified atom stereocenters. The monoisotopic (exact) mass is 246 g/mol.